The molecule has 0 N–H and O–H groups in total. The van der Waals surface area contributed by atoms with E-state index in [1.165, 1.54) is 0 Å². The number of rotatable bonds is 1. The lowest BCUT2D eigenvalue weighted by atomic mass is 10.3. The average Bonchev–Trinajstić information content (AvgIpc) is 2.29. The summed E-state index contributed by atoms with van der Waals surface area (Å²) in [6.07, 6.45) is 0. The molecule has 1 aliphatic rings. The molecular formula is C10H11BrN2O2. The Morgan fingerprint density at radius 2 is 2.13 bits per heavy atom. The van der Waals surface area contributed by atoms with Crippen LogP contribution in [-0.2, 0) is 4.74 Å². The van der Waals surface area contributed by atoms with Gasteiger partial charge in [-0.2, -0.15) is 0 Å². The van der Waals surface area contributed by atoms with Crippen molar-refractivity contribution >= 4 is 21.8 Å². The molecule has 1 aromatic rings. The van der Waals surface area contributed by atoms with Crippen molar-refractivity contribution in [2.45, 2.75) is 0 Å². The molecule has 0 spiro atoms. The second-order valence-corrected chi connectivity index (χ2v) is 4.06. The standard InChI is InChI=1S/C10H11BrN2O2/c11-9-3-1-2-8(12-9)10(14)13-4-6-15-7-5-13/h1-3H,4-7H2. The van der Waals surface area contributed by atoms with Crippen molar-refractivity contribution in [2.75, 3.05) is 26.3 Å². The van der Waals surface area contributed by atoms with Gasteiger partial charge in [0.05, 0.1) is 13.2 Å². The van der Waals surface area contributed by atoms with E-state index in [-0.39, 0.29) is 5.91 Å². The second kappa shape index (κ2) is 4.72. The summed E-state index contributed by atoms with van der Waals surface area (Å²) < 4.78 is 5.87. The fourth-order valence-corrected chi connectivity index (χ4v) is 1.80. The minimum atomic E-state index is -0.0281. The normalized spacial score (nSPS) is 16.5. The van der Waals surface area contributed by atoms with Gasteiger partial charge < -0.3 is 9.64 Å². The predicted octanol–water partition coefficient (Wildman–Crippen LogP) is 1.32. The van der Waals surface area contributed by atoms with Gasteiger partial charge in [-0.15, -0.1) is 0 Å². The minimum absolute atomic E-state index is 0.0281. The smallest absolute Gasteiger partial charge is 0.272 e. The van der Waals surface area contributed by atoms with Crippen LogP contribution >= 0.6 is 15.9 Å². The monoisotopic (exact) mass is 270 g/mol. The molecule has 1 aromatic heterocycles. The van der Waals surface area contributed by atoms with Gasteiger partial charge in [0.25, 0.3) is 5.91 Å². The fraction of sp³-hybridized carbons (Fsp3) is 0.400. The van der Waals surface area contributed by atoms with Gasteiger partial charge in [0, 0.05) is 13.1 Å². The highest BCUT2D eigenvalue weighted by atomic mass is 79.9. The molecule has 0 saturated carbocycles. The van der Waals surface area contributed by atoms with E-state index in [1.54, 1.807) is 17.0 Å². The summed E-state index contributed by atoms with van der Waals surface area (Å²) in [7, 11) is 0. The number of nitrogens with zero attached hydrogens (tertiary/aromatic N) is 2. The maximum absolute atomic E-state index is 11.9. The summed E-state index contributed by atoms with van der Waals surface area (Å²) in [6, 6.07) is 5.34. The van der Waals surface area contributed by atoms with Crippen molar-refractivity contribution in [2.24, 2.45) is 0 Å². The van der Waals surface area contributed by atoms with Crippen LogP contribution in [-0.4, -0.2) is 42.1 Å². The Morgan fingerprint density at radius 3 is 2.80 bits per heavy atom. The summed E-state index contributed by atoms with van der Waals surface area (Å²) in [5, 5.41) is 0. The first-order valence-electron chi connectivity index (χ1n) is 4.77. The Balaban J connectivity index is 2.12. The Bertz CT molecular complexity index is 364. The number of halogens is 1. The Morgan fingerprint density at radius 1 is 1.40 bits per heavy atom. The molecule has 0 radical (unpaired) electrons. The first kappa shape index (κ1) is 10.6. The van der Waals surface area contributed by atoms with E-state index in [0.29, 0.717) is 36.6 Å². The summed E-state index contributed by atoms with van der Waals surface area (Å²) in [5.41, 5.74) is 0.478. The van der Waals surface area contributed by atoms with E-state index < -0.39 is 0 Å². The highest BCUT2D eigenvalue weighted by molar-refractivity contribution is 9.10. The maximum atomic E-state index is 11.9. The number of carbonyl (C=O) groups excluding carboxylic acids is 1. The van der Waals surface area contributed by atoms with Crippen LogP contribution in [0.1, 0.15) is 10.5 Å². The van der Waals surface area contributed by atoms with Crippen molar-refractivity contribution in [3.63, 3.8) is 0 Å². The molecule has 1 amide bonds. The van der Waals surface area contributed by atoms with Crippen molar-refractivity contribution in [1.82, 2.24) is 9.88 Å². The molecule has 2 heterocycles. The van der Waals surface area contributed by atoms with E-state index in [2.05, 4.69) is 20.9 Å². The Labute approximate surface area is 96.4 Å². The summed E-state index contributed by atoms with van der Waals surface area (Å²) >= 11 is 3.25. The molecule has 0 bridgehead atoms. The molecule has 0 aromatic carbocycles. The lowest BCUT2D eigenvalue weighted by Crippen LogP contribution is -2.41. The number of morpholine rings is 1. The van der Waals surface area contributed by atoms with E-state index in [4.69, 9.17) is 4.74 Å². The second-order valence-electron chi connectivity index (χ2n) is 3.25. The molecule has 1 saturated heterocycles. The van der Waals surface area contributed by atoms with Gasteiger partial charge in [-0.05, 0) is 28.1 Å². The number of hydrogen-bond donors (Lipinski definition) is 0. The van der Waals surface area contributed by atoms with Gasteiger partial charge >= 0.3 is 0 Å². The number of pyridine rings is 1. The third kappa shape index (κ3) is 2.54. The predicted molar refractivity (Wildman–Crippen MR) is 58.7 cm³/mol. The highest BCUT2D eigenvalue weighted by Gasteiger charge is 2.19. The quantitative estimate of drug-likeness (QED) is 0.723. The largest absolute Gasteiger partial charge is 0.378 e. The van der Waals surface area contributed by atoms with Crippen LogP contribution < -0.4 is 0 Å². The lowest BCUT2D eigenvalue weighted by molar-refractivity contribution is 0.0299. The Kier molecular flexibility index (Phi) is 3.33. The van der Waals surface area contributed by atoms with Gasteiger partial charge in [0.1, 0.15) is 10.3 Å². The van der Waals surface area contributed by atoms with E-state index in [0.717, 1.165) is 0 Å². The van der Waals surface area contributed by atoms with Crippen LogP contribution in [0.25, 0.3) is 0 Å². The van der Waals surface area contributed by atoms with Crippen LogP contribution in [0.5, 0.6) is 0 Å². The first-order valence-corrected chi connectivity index (χ1v) is 5.56. The van der Waals surface area contributed by atoms with Crippen LogP contribution in [0.2, 0.25) is 0 Å². The van der Waals surface area contributed by atoms with Gasteiger partial charge in [-0.3, -0.25) is 4.79 Å². The molecule has 80 valence electrons. The molecule has 0 unspecified atom stereocenters. The molecule has 5 heteroatoms. The zero-order valence-electron chi connectivity index (χ0n) is 8.15. The van der Waals surface area contributed by atoms with E-state index in [1.807, 2.05) is 6.07 Å². The molecule has 2 rings (SSSR count). The van der Waals surface area contributed by atoms with Gasteiger partial charge in [0.15, 0.2) is 0 Å². The summed E-state index contributed by atoms with van der Waals surface area (Å²) in [6.45, 7) is 2.51. The number of amides is 1. The molecule has 0 aliphatic carbocycles. The minimum Gasteiger partial charge on any atom is -0.378 e. The van der Waals surface area contributed by atoms with Crippen LogP contribution in [0, 0.1) is 0 Å². The van der Waals surface area contributed by atoms with Crippen molar-refractivity contribution in [3.05, 3.63) is 28.5 Å². The van der Waals surface area contributed by atoms with Crippen molar-refractivity contribution in [1.29, 1.82) is 0 Å². The zero-order valence-corrected chi connectivity index (χ0v) is 9.74. The lowest BCUT2D eigenvalue weighted by Gasteiger charge is -2.26. The molecule has 0 atom stereocenters. The summed E-state index contributed by atoms with van der Waals surface area (Å²) in [4.78, 5) is 17.8. The summed E-state index contributed by atoms with van der Waals surface area (Å²) in [5.74, 6) is -0.0281. The van der Waals surface area contributed by atoms with Crippen LogP contribution in [0.3, 0.4) is 0 Å². The SMILES string of the molecule is O=C(c1cccc(Br)n1)N1CCOCC1. The number of hydrogen-bond acceptors (Lipinski definition) is 3. The fourth-order valence-electron chi connectivity index (χ4n) is 1.46. The van der Waals surface area contributed by atoms with Gasteiger partial charge in [-0.25, -0.2) is 4.98 Å². The topological polar surface area (TPSA) is 42.4 Å². The number of carbonyl (C=O) groups is 1. The highest BCUT2D eigenvalue weighted by Crippen LogP contribution is 2.09. The number of ether oxygens (including phenoxy) is 1. The maximum Gasteiger partial charge on any atom is 0.272 e. The first-order chi connectivity index (χ1) is 7.27. The zero-order chi connectivity index (χ0) is 10.7. The number of aromatic nitrogens is 1. The van der Waals surface area contributed by atoms with Gasteiger partial charge in [-0.1, -0.05) is 6.07 Å². The third-order valence-corrected chi connectivity index (χ3v) is 2.67. The average molecular weight is 271 g/mol. The van der Waals surface area contributed by atoms with E-state index in [9.17, 15) is 4.79 Å². The van der Waals surface area contributed by atoms with Crippen LogP contribution in [0.4, 0.5) is 0 Å². The molecular weight excluding hydrogens is 260 g/mol. The molecule has 4 nitrogen and oxygen atoms in total. The molecule has 15 heavy (non-hydrogen) atoms. The molecule has 1 fully saturated rings. The van der Waals surface area contributed by atoms with Crippen molar-refractivity contribution in [3.8, 4) is 0 Å². The van der Waals surface area contributed by atoms with Gasteiger partial charge in [0.2, 0.25) is 0 Å². The van der Waals surface area contributed by atoms with Crippen molar-refractivity contribution < 1.29 is 9.53 Å². The third-order valence-electron chi connectivity index (χ3n) is 2.23. The Hall–Kier alpha value is -0.940. The van der Waals surface area contributed by atoms with Crippen LogP contribution in [0.15, 0.2) is 22.8 Å². The molecule has 1 aliphatic heterocycles. The van der Waals surface area contributed by atoms with E-state index >= 15 is 0 Å².